The van der Waals surface area contributed by atoms with E-state index in [1.807, 2.05) is 0 Å². The largest absolute Gasteiger partial charge is 0.294 e. The third kappa shape index (κ3) is 7.93. The molecule has 0 aliphatic rings. The summed E-state index contributed by atoms with van der Waals surface area (Å²) in [4.78, 5) is 0. The van der Waals surface area contributed by atoms with E-state index in [1.165, 1.54) is 0 Å². The summed E-state index contributed by atoms with van der Waals surface area (Å²) in [6.45, 7) is 44.5. The highest BCUT2D eigenvalue weighted by Crippen LogP contribution is 2.65. The highest BCUT2D eigenvalue weighted by Gasteiger charge is 2.51. The van der Waals surface area contributed by atoms with Crippen molar-refractivity contribution in [2.45, 2.75) is 157 Å². The maximum Gasteiger partial charge on any atom is 0.129 e. The molecule has 0 aromatic carbocycles. The molecule has 0 atom stereocenters. The Kier molecular flexibility index (Phi) is 12.6. The predicted molar refractivity (Wildman–Crippen MR) is 161 cm³/mol. The van der Waals surface area contributed by atoms with E-state index < -0.39 is 24.4 Å². The molecule has 0 aromatic heterocycles. The Morgan fingerprint density at radius 3 is 1.00 bits per heavy atom. The van der Waals surface area contributed by atoms with E-state index in [4.69, 9.17) is 0 Å². The van der Waals surface area contributed by atoms with Crippen molar-refractivity contribution in [1.29, 1.82) is 0 Å². The van der Waals surface area contributed by atoms with Crippen molar-refractivity contribution in [3.8, 4) is 0 Å². The van der Waals surface area contributed by atoms with Gasteiger partial charge in [-0.25, -0.2) is 0 Å². The van der Waals surface area contributed by atoms with Gasteiger partial charge in [-0.3, -0.25) is 13.3 Å². The molecule has 0 spiro atoms. The number of hydrogen-bond acceptors (Lipinski definition) is 2. The number of hydrogen-bond donors (Lipinski definition) is 0. The van der Waals surface area contributed by atoms with Crippen molar-refractivity contribution in [3.63, 3.8) is 0 Å². The molecule has 0 amide bonds. The summed E-state index contributed by atoms with van der Waals surface area (Å²) in [5, 5.41) is 0.693. The van der Waals surface area contributed by atoms with Crippen LogP contribution in [0.3, 0.4) is 0 Å². The first kappa shape index (κ1) is 33.3. The van der Waals surface area contributed by atoms with E-state index in [-0.39, 0.29) is 0 Å². The van der Waals surface area contributed by atoms with Crippen LogP contribution in [0.1, 0.15) is 96.9 Å². The maximum atomic E-state index is 3.09. The molecule has 0 saturated carbocycles. The van der Waals surface area contributed by atoms with Crippen molar-refractivity contribution < 1.29 is 0 Å². The molecule has 8 heteroatoms. The molecule has 0 saturated heterocycles. The predicted octanol–water partition coefficient (Wildman–Crippen LogP) is 10.5. The van der Waals surface area contributed by atoms with E-state index in [2.05, 4.69) is 136 Å². The molecule has 0 bridgehead atoms. The molecule has 0 aromatic rings. The second-order valence-electron chi connectivity index (χ2n) is 13.5. The average Bonchev–Trinajstić information content (AvgIpc) is 2.50. The van der Waals surface area contributed by atoms with Gasteiger partial charge in [-0.2, -0.15) is 0 Å². The monoisotopic (exact) mass is 537 g/mol. The summed E-state index contributed by atoms with van der Waals surface area (Å²) in [6, 6.07) is 2.21. The maximum absolute atomic E-state index is 3.09. The molecule has 0 aliphatic heterocycles. The second kappa shape index (κ2) is 12.1. The topological polar surface area (TPSA) is 9.72 Å². The molecule has 3 nitrogen and oxygen atoms in total. The van der Waals surface area contributed by atoms with Crippen molar-refractivity contribution in [3.05, 3.63) is 0 Å². The van der Waals surface area contributed by atoms with E-state index >= 15 is 0 Å². The van der Waals surface area contributed by atoms with Gasteiger partial charge in [0.25, 0.3) is 0 Å². The van der Waals surface area contributed by atoms with Gasteiger partial charge >= 0.3 is 0 Å². The summed E-state index contributed by atoms with van der Waals surface area (Å²) in [5.74, 6) is 0. The van der Waals surface area contributed by atoms with Crippen molar-refractivity contribution in [2.24, 2.45) is 0 Å². The first-order valence-corrected chi connectivity index (χ1v) is 22.9. The van der Waals surface area contributed by atoms with Crippen molar-refractivity contribution in [1.82, 2.24) is 13.3 Å². The van der Waals surface area contributed by atoms with Crippen LogP contribution >= 0.6 is 23.5 Å². The molecule has 0 radical (unpaired) electrons. The van der Waals surface area contributed by atoms with Crippen LogP contribution < -0.4 is 0 Å². The molecule has 0 heterocycles. The highest BCUT2D eigenvalue weighted by atomic mass is 32.2. The smallest absolute Gasteiger partial charge is 0.129 e. The average molecular weight is 538 g/mol. The number of nitrogens with zero attached hydrogens (tertiary/aromatic N) is 3. The Labute approximate surface area is 210 Å². The van der Waals surface area contributed by atoms with Crippen molar-refractivity contribution >= 4 is 40.0 Å². The van der Waals surface area contributed by atoms with Gasteiger partial charge in [-0.05, 0) is 65.5 Å². The van der Waals surface area contributed by atoms with E-state index in [0.29, 0.717) is 34.2 Å². The third-order valence-electron chi connectivity index (χ3n) is 7.47. The fourth-order valence-electron chi connectivity index (χ4n) is 3.86. The van der Waals surface area contributed by atoms with Gasteiger partial charge in [0.15, 0.2) is 0 Å². The lowest BCUT2D eigenvalue weighted by molar-refractivity contribution is 0.264. The van der Waals surface area contributed by atoms with Crippen LogP contribution in [-0.4, -0.2) is 54.0 Å². The first-order chi connectivity index (χ1) is 14.0. The lowest BCUT2D eigenvalue weighted by Gasteiger charge is -2.55. The van der Waals surface area contributed by atoms with Crippen LogP contribution in [-0.2, 0) is 0 Å². The van der Waals surface area contributed by atoms with Gasteiger partial charge in [0, 0.05) is 39.7 Å². The van der Waals surface area contributed by atoms with Crippen LogP contribution in [0.5, 0.6) is 0 Å². The number of rotatable bonds is 10. The van der Waals surface area contributed by atoms with Gasteiger partial charge in [0.1, 0.15) is 24.4 Å². The van der Waals surface area contributed by atoms with Crippen LogP contribution in [0.25, 0.3) is 0 Å². The second-order valence-corrected chi connectivity index (χ2v) is 30.8. The Morgan fingerprint density at radius 1 is 0.562 bits per heavy atom. The molecule has 0 N–H and O–H groups in total. The van der Waals surface area contributed by atoms with Gasteiger partial charge in [-0.1, -0.05) is 67.7 Å². The summed E-state index contributed by atoms with van der Waals surface area (Å²) >= 11 is 0. The lowest BCUT2D eigenvalue weighted by atomic mass is 10.2. The first-order valence-electron chi connectivity index (χ1n) is 12.6. The van der Waals surface area contributed by atoms with Crippen LogP contribution in [0.15, 0.2) is 0 Å². The van der Waals surface area contributed by atoms with Crippen LogP contribution in [0, 0.1) is 0 Å². The van der Waals surface area contributed by atoms with Crippen molar-refractivity contribution in [2.75, 3.05) is 0 Å². The van der Waals surface area contributed by atoms with Crippen LogP contribution in [0.4, 0.5) is 0 Å². The molecule has 0 rings (SSSR count). The zero-order valence-electron chi connectivity index (χ0n) is 25.0. The Bertz CT molecular complexity index is 545. The fraction of sp³-hybridized carbons (Fsp3) is 1.00. The van der Waals surface area contributed by atoms with E-state index in [1.54, 1.807) is 15.6 Å². The molecule has 32 heavy (non-hydrogen) atoms. The summed E-state index contributed by atoms with van der Waals surface area (Å²) in [6.07, 6.45) is 0. The Morgan fingerprint density at radius 2 is 0.812 bits per heavy atom. The molecule has 0 unspecified atom stereocenters. The lowest BCUT2D eigenvalue weighted by Crippen LogP contribution is -2.64. The van der Waals surface area contributed by atoms with Gasteiger partial charge in [-0.15, -0.1) is 0 Å². The molecular formula is C24H58N3P3Si2. The van der Waals surface area contributed by atoms with Gasteiger partial charge in [0.2, 0.25) is 0 Å². The standard InChI is InChI=1S/C24H58N3P3Si2/c1-19(2)25(20(3)4)30(26(21(5)6)22(7)8)29-28-27(31(15,16)23(9,10)11)32(17,18)24(12,13)14/h19-22H,1-18H3. The van der Waals surface area contributed by atoms with Gasteiger partial charge < -0.3 is 0 Å². The minimum absolute atomic E-state index is 0.347. The Balaban J connectivity index is 6.89. The van der Waals surface area contributed by atoms with E-state index in [9.17, 15) is 0 Å². The fourth-order valence-corrected chi connectivity index (χ4v) is 31.3. The minimum atomic E-state index is -1.68. The zero-order chi connectivity index (χ0) is 26.0. The highest BCUT2D eigenvalue weighted by molar-refractivity contribution is 8.30. The molecule has 0 aliphatic carbocycles. The third-order valence-corrected chi connectivity index (χ3v) is 32.6. The molecular weight excluding hydrogens is 479 g/mol. The summed E-state index contributed by atoms with van der Waals surface area (Å²) < 4.78 is 8.73. The van der Waals surface area contributed by atoms with Crippen LogP contribution in [0.2, 0.25) is 36.3 Å². The normalized spacial score (nSPS) is 15.4. The molecule has 0 fully saturated rings. The summed E-state index contributed by atoms with van der Waals surface area (Å²) in [5.41, 5.74) is 0. The minimum Gasteiger partial charge on any atom is -0.294 e. The Hall–Kier alpha value is 1.34. The molecule has 192 valence electrons. The SMILES string of the molecule is CC(C)N(C(C)C)P(P=PN([Si](C)(C)C(C)(C)C)[Si](C)(C)C(C)(C)C)N(C(C)C)C(C)C. The summed E-state index contributed by atoms with van der Waals surface area (Å²) in [7, 11) is -0.647. The zero-order valence-corrected chi connectivity index (χ0v) is 29.7. The van der Waals surface area contributed by atoms with E-state index in [0.717, 1.165) is 0 Å². The van der Waals surface area contributed by atoms with Gasteiger partial charge in [0.05, 0.1) is 0 Å². The quantitative estimate of drug-likeness (QED) is 0.203.